The summed E-state index contributed by atoms with van der Waals surface area (Å²) in [5.41, 5.74) is -19.2. The molecule has 0 unspecified atom stereocenters. The number of hydrogen-bond acceptors (Lipinski definition) is 25. The van der Waals surface area contributed by atoms with E-state index in [9.17, 15) is 14.4 Å². The van der Waals surface area contributed by atoms with Crippen LogP contribution in [0.3, 0.4) is 0 Å². The van der Waals surface area contributed by atoms with Crippen molar-refractivity contribution in [2.45, 2.75) is 274 Å². The number of H-pyrrole nitrogens is 3. The van der Waals surface area contributed by atoms with Crippen molar-refractivity contribution in [2.75, 3.05) is 42.7 Å². The lowest BCUT2D eigenvalue weighted by Gasteiger charge is -2.62. The van der Waals surface area contributed by atoms with Gasteiger partial charge in [-0.25, -0.2) is 18.9 Å². The molecule has 12 atom stereocenters. The van der Waals surface area contributed by atoms with Gasteiger partial charge in [-0.05, 0) is 92.2 Å². The van der Waals surface area contributed by atoms with Crippen LogP contribution in [0.1, 0.15) is 185 Å². The maximum absolute atomic E-state index is 19.7. The van der Waals surface area contributed by atoms with Crippen molar-refractivity contribution in [1.29, 1.82) is 0 Å². The first kappa shape index (κ1) is 82.5. The molecule has 0 bridgehead atoms. The molecule has 6 aromatic rings. The van der Waals surface area contributed by atoms with Crippen LogP contribution in [0.5, 0.6) is 34.5 Å². The van der Waals surface area contributed by atoms with E-state index in [1.54, 1.807) is 41.5 Å². The normalized spacial score (nSPS) is 26.5. The predicted molar refractivity (Wildman–Crippen MR) is 405 cm³/mol. The zero-order valence-electron chi connectivity index (χ0n) is 68.9. The number of nitrogens with one attached hydrogen (secondary N) is 3. The van der Waals surface area contributed by atoms with Crippen LogP contribution in [-0.2, 0) is 60.8 Å². The lowest BCUT2D eigenvalue weighted by molar-refractivity contribution is -0.292. The average Bonchev–Trinajstić information content (AvgIpc) is 1.51. The van der Waals surface area contributed by atoms with Crippen LogP contribution in [0, 0.1) is 32.5 Å². The number of fused-ring (bicyclic) bond motifs is 6. The molecule has 12 rings (SSSR count). The molecule has 3 aromatic heterocycles. The van der Waals surface area contributed by atoms with Gasteiger partial charge in [-0.3, -0.25) is 56.6 Å². The van der Waals surface area contributed by atoms with Gasteiger partial charge in [-0.2, -0.15) is 0 Å². The summed E-state index contributed by atoms with van der Waals surface area (Å²) in [5.74, 6) is -3.17. The van der Waals surface area contributed by atoms with Gasteiger partial charge in [0.2, 0.25) is 0 Å². The number of phosphoric acid groups is 1. The number of aromatic nitrogens is 6. The van der Waals surface area contributed by atoms with E-state index in [0.717, 1.165) is 0 Å². The van der Waals surface area contributed by atoms with Crippen LogP contribution < -0.4 is 62.2 Å². The number of methoxy groups -OCH3 is 6. The van der Waals surface area contributed by atoms with E-state index in [-0.39, 0.29) is 67.2 Å². The summed E-state index contributed by atoms with van der Waals surface area (Å²) < 4.78 is 148. The Morgan fingerprint density at radius 1 is 0.327 bits per heavy atom. The van der Waals surface area contributed by atoms with Crippen molar-refractivity contribution in [1.82, 2.24) is 28.7 Å². The highest BCUT2D eigenvalue weighted by atomic mass is 31.2. The Kier molecular flexibility index (Phi) is 20.1. The van der Waals surface area contributed by atoms with E-state index in [1.807, 2.05) is 125 Å². The molecular weight excluding hydrogens is 1450 g/mol. The molecule has 0 spiro atoms. The van der Waals surface area contributed by atoms with Gasteiger partial charge in [0.05, 0.1) is 75.4 Å². The number of nitrogens with zero attached hydrogens (tertiary/aromatic N) is 3. The largest absolute Gasteiger partial charge is 0.493 e. The molecule has 6 fully saturated rings. The molecule has 6 aliphatic heterocycles. The van der Waals surface area contributed by atoms with Gasteiger partial charge in [-0.1, -0.05) is 125 Å². The molecule has 110 heavy (non-hydrogen) atoms. The number of phosphoric ester groups is 1. The van der Waals surface area contributed by atoms with E-state index in [4.69, 9.17) is 84.6 Å². The van der Waals surface area contributed by atoms with Crippen molar-refractivity contribution in [3.05, 3.63) is 98.9 Å². The van der Waals surface area contributed by atoms with Crippen molar-refractivity contribution < 1.29 is 89.2 Å². The van der Waals surface area contributed by atoms with Gasteiger partial charge in [0.1, 0.15) is 71.7 Å². The van der Waals surface area contributed by atoms with Gasteiger partial charge in [0, 0.05) is 18.2 Å². The first-order chi connectivity index (χ1) is 50.5. The summed E-state index contributed by atoms with van der Waals surface area (Å²) in [6.45, 7) is 44.1. The van der Waals surface area contributed by atoms with Gasteiger partial charge in [0.25, 0.3) is 16.7 Å². The van der Waals surface area contributed by atoms with Gasteiger partial charge in [-0.15, -0.1) is 0 Å². The average molecular weight is 1560 g/mol. The van der Waals surface area contributed by atoms with Crippen molar-refractivity contribution in [2.24, 2.45) is 32.5 Å². The van der Waals surface area contributed by atoms with E-state index in [0.29, 0.717) is 0 Å². The summed E-state index contributed by atoms with van der Waals surface area (Å²) >= 11 is 0. The Hall–Kier alpha value is -6.97. The van der Waals surface area contributed by atoms with Gasteiger partial charge in [0.15, 0.2) is 70.5 Å². The molecule has 608 valence electrons. The molecule has 6 aliphatic rings. The Labute approximate surface area is 638 Å². The van der Waals surface area contributed by atoms with Crippen LogP contribution >= 0.6 is 7.82 Å². The summed E-state index contributed by atoms with van der Waals surface area (Å²) in [5, 5.41) is 0.0842. The molecule has 9 heterocycles. The Morgan fingerprint density at radius 3 is 0.709 bits per heavy atom. The maximum atomic E-state index is 19.7. The van der Waals surface area contributed by atoms with Crippen LogP contribution in [0.15, 0.2) is 65.2 Å². The standard InChI is InChI=1S/C78H111N6O25P/c1-67(2,3)76(68(4,5)6,55-49-52(104-73(19,20)101-49)61(98-55)82-40-34-46(95-28)43(92-25)31-37(40)58(85)79-64(82)88)107-110(91,108-77(69(7,8)9,70(10,11)12)56-50-53(105-74(21,22)102-50)62(99-56)83-41-35-47(96-29)44(93-26)32-38(41)59(86)80-65(83)89)109-78(71(13,14)15,72(16,17)18)57-51-54(106-75(23,24)103-51)63(100-57)84-42-36-48(97-30)45(94-27)33-39(42)60(87)81-66(84)90/h31-36,49-57,61-63H,1-30H3,(H,79,85,88)(H,80,86,89)(H,81,87,90)/t49-,50-,51-,52+,53+,54+,55+,56+,57+,61+,62+,63+/m0/s1. The number of ether oxygens (including phenoxy) is 15. The number of rotatable bonds is 18. The zero-order chi connectivity index (χ0) is 81.6. The van der Waals surface area contributed by atoms with Crippen LogP contribution in [0.2, 0.25) is 0 Å². The van der Waals surface area contributed by atoms with Crippen LogP contribution in [0.25, 0.3) is 32.7 Å². The van der Waals surface area contributed by atoms with Gasteiger partial charge >= 0.3 is 24.9 Å². The first-order valence-electron chi connectivity index (χ1n) is 37.0. The first-order valence-corrected chi connectivity index (χ1v) is 38.5. The van der Waals surface area contributed by atoms with E-state index in [1.165, 1.54) is 92.8 Å². The molecular formula is C78H111N6O25P. The smallest absolute Gasteiger partial charge is 0.476 e. The fraction of sp³-hybridized carbons (Fsp3) is 0.692. The van der Waals surface area contributed by atoms with E-state index >= 15 is 18.9 Å². The van der Waals surface area contributed by atoms with E-state index < -0.39 is 182 Å². The molecule has 0 amide bonds. The molecule has 31 nitrogen and oxygen atoms in total. The minimum absolute atomic E-state index is 0.0281. The fourth-order valence-electron chi connectivity index (χ4n) is 19.3. The highest BCUT2D eigenvalue weighted by molar-refractivity contribution is 7.48. The Bertz CT molecular complexity index is 4510. The molecule has 3 aromatic carbocycles. The third kappa shape index (κ3) is 12.8. The van der Waals surface area contributed by atoms with E-state index in [2.05, 4.69) is 15.0 Å². The lowest BCUT2D eigenvalue weighted by atomic mass is 9.59. The second-order valence-corrected chi connectivity index (χ2v) is 38.5. The second-order valence-electron chi connectivity index (χ2n) is 37.0. The molecule has 6 saturated heterocycles. The lowest BCUT2D eigenvalue weighted by Crippen LogP contribution is -2.69. The Morgan fingerprint density at radius 2 is 0.518 bits per heavy atom. The zero-order valence-corrected chi connectivity index (χ0v) is 69.8. The molecule has 0 radical (unpaired) electrons. The minimum atomic E-state index is -5.99. The Balaban J connectivity index is 1.16. The van der Waals surface area contributed by atoms with Gasteiger partial charge < -0.3 is 71.1 Å². The predicted octanol–water partition coefficient (Wildman–Crippen LogP) is 11.1. The molecule has 0 aliphatic carbocycles. The summed E-state index contributed by atoms with van der Waals surface area (Å²) in [7, 11) is 2.51. The van der Waals surface area contributed by atoms with Crippen molar-refractivity contribution >= 4 is 40.5 Å². The summed E-state index contributed by atoms with van der Waals surface area (Å²) in [4.78, 5) is 94.7. The third-order valence-corrected chi connectivity index (χ3v) is 24.4. The van der Waals surface area contributed by atoms with Crippen molar-refractivity contribution in [3.63, 3.8) is 0 Å². The maximum Gasteiger partial charge on any atom is 0.476 e. The highest BCUT2D eigenvalue weighted by Gasteiger charge is 2.77. The summed E-state index contributed by atoms with van der Waals surface area (Å²) in [6, 6.07) is 8.85. The SMILES string of the molecule is COc1cc2c(=O)[nH]c(=O)n([C@@H]3O[C@@H](C(OP(=O)(OC([C@@H]4O[C@@H](n5c(=O)[nH]c(=O)c6cc(OC)c(OC)cc65)[C@@H]5OC(C)(C)O[C@@H]54)(C(C)(C)C)C(C)(C)C)OC([C@@H]4O[C@@H](n5c(=O)[nH]c(=O)c6cc(OC)c(OC)cc65)[C@@H]5OC(C)(C)O[C@@H]54)(C(C)(C)C)C(C)(C)C)(C(C)(C)C)C(C)(C)C)[C@H]4OC(C)(C)O[C@H]43)c2cc1OC. The third-order valence-electron chi connectivity index (χ3n) is 22.8. The number of aromatic amines is 3. The number of benzene rings is 3. The summed E-state index contributed by atoms with van der Waals surface area (Å²) in [6.07, 6.45) is -16.3. The quantitative estimate of drug-likeness (QED) is 0.0673. The fourth-order valence-corrected chi connectivity index (χ4v) is 22.5. The molecule has 32 heteroatoms. The van der Waals surface area contributed by atoms with Crippen LogP contribution in [0.4, 0.5) is 0 Å². The minimum Gasteiger partial charge on any atom is -0.493 e. The van der Waals surface area contributed by atoms with Crippen molar-refractivity contribution in [3.8, 4) is 34.5 Å². The monoisotopic (exact) mass is 1560 g/mol. The molecule has 0 saturated carbocycles. The molecule has 3 N–H and O–H groups in total. The second kappa shape index (κ2) is 26.8. The number of hydrogen-bond donors (Lipinski definition) is 3. The van der Waals surface area contributed by atoms with Crippen LogP contribution in [-0.4, -0.2) is 160 Å². The topological polar surface area (TPSA) is 348 Å². The highest BCUT2D eigenvalue weighted by Crippen LogP contribution is 2.74.